The number of benzene rings is 1. The lowest BCUT2D eigenvalue weighted by Crippen LogP contribution is -2.46. The van der Waals surface area contributed by atoms with Crippen LogP contribution in [0.1, 0.15) is 22.3 Å². The van der Waals surface area contributed by atoms with E-state index in [1.54, 1.807) is 6.20 Å². The van der Waals surface area contributed by atoms with Crippen molar-refractivity contribution in [3.63, 3.8) is 0 Å². The summed E-state index contributed by atoms with van der Waals surface area (Å²) in [4.78, 5) is 9.21. The quantitative estimate of drug-likeness (QED) is 0.806. The highest BCUT2D eigenvalue weighted by atomic mass is 32.2. The number of piperazine rings is 1. The van der Waals surface area contributed by atoms with Crippen LogP contribution in [-0.2, 0) is 22.1 Å². The van der Waals surface area contributed by atoms with E-state index in [0.717, 1.165) is 44.1 Å². The van der Waals surface area contributed by atoms with E-state index in [-0.39, 0.29) is 5.75 Å². The van der Waals surface area contributed by atoms with Crippen molar-refractivity contribution in [2.75, 3.05) is 37.3 Å². The van der Waals surface area contributed by atoms with Crippen molar-refractivity contribution in [3.8, 4) is 0 Å². The van der Waals surface area contributed by atoms with Crippen LogP contribution in [-0.4, -0.2) is 50.7 Å². The highest BCUT2D eigenvalue weighted by Crippen LogP contribution is 2.18. The zero-order valence-electron chi connectivity index (χ0n) is 15.8. The van der Waals surface area contributed by atoms with Crippen LogP contribution in [0.15, 0.2) is 36.5 Å². The first kappa shape index (κ1) is 18.9. The van der Waals surface area contributed by atoms with Crippen molar-refractivity contribution in [2.45, 2.75) is 26.1 Å². The van der Waals surface area contributed by atoms with E-state index < -0.39 is 9.84 Å². The second-order valence-corrected chi connectivity index (χ2v) is 9.43. The average Bonchev–Trinajstić information content (AvgIpc) is 2.57. The Morgan fingerprint density at radius 1 is 1.04 bits per heavy atom. The number of sulfone groups is 1. The minimum atomic E-state index is -3.02. The van der Waals surface area contributed by atoms with Crippen molar-refractivity contribution in [3.05, 3.63) is 58.8 Å². The fraction of sp³-hybridized carbons (Fsp3) is 0.450. The minimum absolute atomic E-state index is 0.0456. The number of hydrogen-bond donors (Lipinski definition) is 0. The van der Waals surface area contributed by atoms with Crippen LogP contribution in [0.4, 0.5) is 5.82 Å². The van der Waals surface area contributed by atoms with Gasteiger partial charge in [0.2, 0.25) is 0 Å². The number of pyridine rings is 1. The van der Waals surface area contributed by atoms with Crippen molar-refractivity contribution in [1.29, 1.82) is 0 Å². The smallest absolute Gasteiger partial charge is 0.151 e. The van der Waals surface area contributed by atoms with Gasteiger partial charge in [0.15, 0.2) is 9.84 Å². The maximum atomic E-state index is 11.4. The number of anilines is 1. The van der Waals surface area contributed by atoms with Crippen molar-refractivity contribution in [2.24, 2.45) is 0 Å². The molecule has 0 N–H and O–H groups in total. The first-order chi connectivity index (χ1) is 12.3. The molecule has 0 atom stereocenters. The minimum Gasteiger partial charge on any atom is -0.354 e. The van der Waals surface area contributed by atoms with Crippen LogP contribution in [0.5, 0.6) is 0 Å². The van der Waals surface area contributed by atoms with Gasteiger partial charge in [0.05, 0.1) is 5.75 Å². The molecule has 1 aliphatic heterocycles. The summed E-state index contributed by atoms with van der Waals surface area (Å²) in [5.74, 6) is 0.970. The summed E-state index contributed by atoms with van der Waals surface area (Å²) in [6, 6.07) is 10.5. The summed E-state index contributed by atoms with van der Waals surface area (Å²) in [5, 5.41) is 0. The summed E-state index contributed by atoms with van der Waals surface area (Å²) in [7, 11) is -3.02. The van der Waals surface area contributed by atoms with Gasteiger partial charge in [-0.3, -0.25) is 4.90 Å². The SMILES string of the molecule is Cc1ccc(CN2CCN(c3ccc(CS(C)(=O)=O)cn3)CC2)c(C)c1. The van der Waals surface area contributed by atoms with E-state index in [9.17, 15) is 8.42 Å². The second kappa shape index (κ2) is 7.76. The molecule has 0 spiro atoms. The van der Waals surface area contributed by atoms with Gasteiger partial charge in [-0.1, -0.05) is 29.8 Å². The summed E-state index contributed by atoms with van der Waals surface area (Å²) >= 11 is 0. The molecule has 3 rings (SSSR count). The fourth-order valence-corrected chi connectivity index (χ4v) is 4.17. The van der Waals surface area contributed by atoms with Crippen LogP contribution in [0.2, 0.25) is 0 Å². The lowest BCUT2D eigenvalue weighted by atomic mass is 10.1. The van der Waals surface area contributed by atoms with Crippen LogP contribution in [0.25, 0.3) is 0 Å². The highest BCUT2D eigenvalue weighted by Gasteiger charge is 2.18. The van der Waals surface area contributed by atoms with Crippen LogP contribution < -0.4 is 4.90 Å². The maximum absolute atomic E-state index is 11.4. The van der Waals surface area contributed by atoms with Crippen molar-refractivity contribution >= 4 is 15.7 Å². The molecule has 1 aromatic carbocycles. The summed E-state index contributed by atoms with van der Waals surface area (Å²) in [5.41, 5.74) is 4.80. The number of hydrogen-bond acceptors (Lipinski definition) is 5. The normalized spacial score (nSPS) is 16.0. The van der Waals surface area contributed by atoms with E-state index in [4.69, 9.17) is 0 Å². The topological polar surface area (TPSA) is 53.5 Å². The third-order valence-electron chi connectivity index (χ3n) is 4.83. The van der Waals surface area contributed by atoms with Gasteiger partial charge in [-0.15, -0.1) is 0 Å². The van der Waals surface area contributed by atoms with Gasteiger partial charge >= 0.3 is 0 Å². The molecule has 26 heavy (non-hydrogen) atoms. The standard InChI is InChI=1S/C20H27N3O2S/c1-16-4-6-19(17(2)12-16)14-22-8-10-23(11-9-22)20-7-5-18(13-21-20)15-26(3,24)25/h4-7,12-13H,8-11,14-15H2,1-3H3. The van der Waals surface area contributed by atoms with E-state index in [2.05, 4.69) is 46.8 Å². The molecule has 2 aromatic rings. The zero-order valence-corrected chi connectivity index (χ0v) is 16.6. The monoisotopic (exact) mass is 373 g/mol. The number of rotatable bonds is 5. The summed E-state index contributed by atoms with van der Waals surface area (Å²) in [6.07, 6.45) is 2.92. The molecule has 0 radical (unpaired) electrons. The summed E-state index contributed by atoms with van der Waals surface area (Å²) < 4.78 is 22.7. The predicted octanol–water partition coefficient (Wildman–Crippen LogP) is 2.57. The molecule has 1 aromatic heterocycles. The Kier molecular flexibility index (Phi) is 5.63. The van der Waals surface area contributed by atoms with E-state index in [1.807, 2.05) is 12.1 Å². The van der Waals surface area contributed by atoms with Gasteiger partial charge < -0.3 is 4.90 Å². The van der Waals surface area contributed by atoms with Gasteiger partial charge in [0, 0.05) is 45.2 Å². The molecule has 6 heteroatoms. The molecular weight excluding hydrogens is 346 g/mol. The highest BCUT2D eigenvalue weighted by molar-refractivity contribution is 7.89. The molecule has 1 aliphatic rings. The molecule has 140 valence electrons. The molecule has 0 bridgehead atoms. The fourth-order valence-electron chi connectivity index (χ4n) is 3.39. The van der Waals surface area contributed by atoms with Crippen LogP contribution >= 0.6 is 0 Å². The molecule has 0 amide bonds. The van der Waals surface area contributed by atoms with Gasteiger partial charge in [-0.05, 0) is 36.6 Å². The number of nitrogens with zero attached hydrogens (tertiary/aromatic N) is 3. The Morgan fingerprint density at radius 2 is 1.77 bits per heavy atom. The molecule has 1 saturated heterocycles. The van der Waals surface area contributed by atoms with E-state index in [1.165, 1.54) is 22.9 Å². The van der Waals surface area contributed by atoms with Gasteiger partial charge in [-0.2, -0.15) is 0 Å². The molecule has 0 aliphatic carbocycles. The Balaban J connectivity index is 1.56. The zero-order chi connectivity index (χ0) is 18.7. The first-order valence-corrected chi connectivity index (χ1v) is 11.0. The molecule has 1 fully saturated rings. The second-order valence-electron chi connectivity index (χ2n) is 7.29. The summed E-state index contributed by atoms with van der Waals surface area (Å²) in [6.45, 7) is 9.16. The molecular formula is C20H27N3O2S. The van der Waals surface area contributed by atoms with E-state index >= 15 is 0 Å². The Bertz CT molecular complexity index is 855. The predicted molar refractivity (Wildman–Crippen MR) is 106 cm³/mol. The van der Waals surface area contributed by atoms with E-state index in [0.29, 0.717) is 0 Å². The van der Waals surface area contributed by atoms with Crippen molar-refractivity contribution < 1.29 is 8.42 Å². The largest absolute Gasteiger partial charge is 0.354 e. The number of aryl methyl sites for hydroxylation is 2. The van der Waals surface area contributed by atoms with Gasteiger partial charge in [0.1, 0.15) is 5.82 Å². The van der Waals surface area contributed by atoms with Crippen LogP contribution in [0, 0.1) is 13.8 Å². The molecule has 5 nitrogen and oxygen atoms in total. The average molecular weight is 374 g/mol. The molecule has 2 heterocycles. The Hall–Kier alpha value is -1.92. The maximum Gasteiger partial charge on any atom is 0.151 e. The lowest BCUT2D eigenvalue weighted by Gasteiger charge is -2.35. The Labute approximate surface area is 156 Å². The first-order valence-electron chi connectivity index (χ1n) is 8.96. The van der Waals surface area contributed by atoms with Crippen LogP contribution in [0.3, 0.4) is 0 Å². The Morgan fingerprint density at radius 3 is 2.35 bits per heavy atom. The lowest BCUT2D eigenvalue weighted by molar-refractivity contribution is 0.249. The van der Waals surface area contributed by atoms with Gasteiger partial charge in [0.25, 0.3) is 0 Å². The van der Waals surface area contributed by atoms with Crippen molar-refractivity contribution in [1.82, 2.24) is 9.88 Å². The van der Waals surface area contributed by atoms with Gasteiger partial charge in [-0.25, -0.2) is 13.4 Å². The third-order valence-corrected chi connectivity index (χ3v) is 5.68. The third kappa shape index (κ3) is 5.05. The number of aromatic nitrogens is 1. The molecule has 0 unspecified atom stereocenters. The molecule has 0 saturated carbocycles.